The van der Waals surface area contributed by atoms with Crippen molar-refractivity contribution < 1.29 is 0 Å². The summed E-state index contributed by atoms with van der Waals surface area (Å²) in [4.78, 5) is 7.26. The zero-order valence-electron chi connectivity index (χ0n) is 9.65. The van der Waals surface area contributed by atoms with Crippen LogP contribution in [0.2, 0.25) is 5.02 Å². The second kappa shape index (κ2) is 4.70. The molecule has 0 radical (unpaired) electrons. The number of aromatic amines is 1. The number of anilines is 1. The van der Waals surface area contributed by atoms with Gasteiger partial charge >= 0.3 is 0 Å². The Labute approximate surface area is 110 Å². The first-order valence-electron chi connectivity index (χ1n) is 5.73. The van der Waals surface area contributed by atoms with Crippen LogP contribution >= 0.6 is 11.6 Å². The number of H-pyrrole nitrogens is 1. The van der Waals surface area contributed by atoms with Crippen molar-refractivity contribution >= 4 is 28.2 Å². The number of fused-ring (bicyclic) bond motifs is 1. The fourth-order valence-electron chi connectivity index (χ4n) is 2.00. The Balaban J connectivity index is 1.85. The second-order valence-electron chi connectivity index (χ2n) is 4.07. The SMILES string of the molecule is Clc1ccncc1NCc1cccc2[nH]ccc12. The van der Waals surface area contributed by atoms with Crippen molar-refractivity contribution in [2.24, 2.45) is 0 Å². The van der Waals surface area contributed by atoms with Gasteiger partial charge in [-0.25, -0.2) is 0 Å². The second-order valence-corrected chi connectivity index (χ2v) is 4.47. The molecule has 0 aliphatic carbocycles. The van der Waals surface area contributed by atoms with E-state index < -0.39 is 0 Å². The zero-order chi connectivity index (χ0) is 12.4. The predicted octanol–water partition coefficient (Wildman–Crippen LogP) is 3.83. The van der Waals surface area contributed by atoms with Gasteiger partial charge in [0.05, 0.1) is 16.9 Å². The molecule has 0 bridgehead atoms. The number of pyridine rings is 1. The fraction of sp³-hybridized carbons (Fsp3) is 0.0714. The third kappa shape index (κ3) is 2.05. The Morgan fingerprint density at radius 3 is 3.06 bits per heavy atom. The lowest BCUT2D eigenvalue weighted by Crippen LogP contribution is -2.00. The molecule has 1 aromatic carbocycles. The van der Waals surface area contributed by atoms with E-state index in [0.29, 0.717) is 5.02 Å². The van der Waals surface area contributed by atoms with E-state index >= 15 is 0 Å². The van der Waals surface area contributed by atoms with Crippen LogP contribution in [-0.4, -0.2) is 9.97 Å². The summed E-state index contributed by atoms with van der Waals surface area (Å²) in [7, 11) is 0. The number of rotatable bonds is 3. The van der Waals surface area contributed by atoms with Crippen LogP contribution in [0.15, 0.2) is 48.9 Å². The molecule has 4 heteroatoms. The Bertz CT molecular complexity index is 675. The van der Waals surface area contributed by atoms with Gasteiger partial charge in [0.2, 0.25) is 0 Å². The number of halogens is 1. The van der Waals surface area contributed by atoms with Crippen LogP contribution in [-0.2, 0) is 6.54 Å². The minimum atomic E-state index is 0.686. The van der Waals surface area contributed by atoms with Gasteiger partial charge in [-0.15, -0.1) is 0 Å². The summed E-state index contributed by atoms with van der Waals surface area (Å²) in [6.07, 6.45) is 5.37. The normalized spacial score (nSPS) is 10.7. The quantitative estimate of drug-likeness (QED) is 0.749. The van der Waals surface area contributed by atoms with Crippen molar-refractivity contribution in [1.29, 1.82) is 0 Å². The molecule has 2 aromatic heterocycles. The Morgan fingerprint density at radius 2 is 2.17 bits per heavy atom. The van der Waals surface area contributed by atoms with Crippen molar-refractivity contribution in [3.8, 4) is 0 Å². The molecule has 0 aliphatic rings. The van der Waals surface area contributed by atoms with Crippen LogP contribution in [0, 0.1) is 0 Å². The molecule has 3 nitrogen and oxygen atoms in total. The number of nitrogens with zero attached hydrogens (tertiary/aromatic N) is 1. The maximum atomic E-state index is 6.08. The number of nitrogens with one attached hydrogen (secondary N) is 2. The molecular weight excluding hydrogens is 246 g/mol. The monoisotopic (exact) mass is 257 g/mol. The largest absolute Gasteiger partial charge is 0.378 e. The lowest BCUT2D eigenvalue weighted by Gasteiger charge is -2.08. The average Bonchev–Trinajstić information content (AvgIpc) is 2.86. The first-order valence-corrected chi connectivity index (χ1v) is 6.11. The van der Waals surface area contributed by atoms with Gasteiger partial charge in [-0.05, 0) is 23.8 Å². The van der Waals surface area contributed by atoms with Crippen molar-refractivity contribution in [2.45, 2.75) is 6.54 Å². The van der Waals surface area contributed by atoms with E-state index in [-0.39, 0.29) is 0 Å². The molecule has 0 fully saturated rings. The van der Waals surface area contributed by atoms with E-state index in [2.05, 4.69) is 33.5 Å². The summed E-state index contributed by atoms with van der Waals surface area (Å²) in [5.74, 6) is 0. The summed E-state index contributed by atoms with van der Waals surface area (Å²) in [6.45, 7) is 0.723. The van der Waals surface area contributed by atoms with E-state index in [4.69, 9.17) is 11.6 Å². The molecule has 2 N–H and O–H groups in total. The molecule has 0 saturated heterocycles. The molecule has 3 rings (SSSR count). The van der Waals surface area contributed by atoms with Crippen LogP contribution in [0.3, 0.4) is 0 Å². The van der Waals surface area contributed by atoms with Crippen LogP contribution in [0.1, 0.15) is 5.56 Å². The summed E-state index contributed by atoms with van der Waals surface area (Å²) in [6, 6.07) is 10.1. The van der Waals surface area contributed by atoms with E-state index in [1.165, 1.54) is 10.9 Å². The highest BCUT2D eigenvalue weighted by Gasteiger charge is 2.03. The minimum Gasteiger partial charge on any atom is -0.378 e. The van der Waals surface area contributed by atoms with Gasteiger partial charge in [0.15, 0.2) is 0 Å². The minimum absolute atomic E-state index is 0.686. The summed E-state index contributed by atoms with van der Waals surface area (Å²) >= 11 is 6.08. The highest BCUT2D eigenvalue weighted by Crippen LogP contribution is 2.22. The van der Waals surface area contributed by atoms with Gasteiger partial charge in [0.1, 0.15) is 0 Å². The van der Waals surface area contributed by atoms with E-state index in [0.717, 1.165) is 17.7 Å². The smallest absolute Gasteiger partial charge is 0.0718 e. The van der Waals surface area contributed by atoms with Gasteiger partial charge in [-0.1, -0.05) is 23.7 Å². The lowest BCUT2D eigenvalue weighted by molar-refractivity contribution is 1.15. The van der Waals surface area contributed by atoms with E-state index in [9.17, 15) is 0 Å². The molecule has 0 amide bonds. The van der Waals surface area contributed by atoms with E-state index in [1.54, 1.807) is 18.5 Å². The van der Waals surface area contributed by atoms with Crippen LogP contribution in [0.4, 0.5) is 5.69 Å². The Morgan fingerprint density at radius 1 is 1.22 bits per heavy atom. The van der Waals surface area contributed by atoms with Crippen molar-refractivity contribution in [3.05, 3.63) is 59.5 Å². The third-order valence-electron chi connectivity index (χ3n) is 2.92. The topological polar surface area (TPSA) is 40.7 Å². The average molecular weight is 258 g/mol. The zero-order valence-corrected chi connectivity index (χ0v) is 10.4. The number of benzene rings is 1. The standard InChI is InChI=1S/C14H12ClN3/c15-12-5-6-16-9-14(12)18-8-10-2-1-3-13-11(10)4-7-17-13/h1-7,9,17-18H,8H2. The summed E-state index contributed by atoms with van der Waals surface area (Å²) < 4.78 is 0. The van der Waals surface area contributed by atoms with Crippen molar-refractivity contribution in [2.75, 3.05) is 5.32 Å². The predicted molar refractivity (Wildman–Crippen MR) is 74.9 cm³/mol. The molecule has 0 spiro atoms. The first-order chi connectivity index (χ1) is 8.84. The van der Waals surface area contributed by atoms with Gasteiger partial charge in [-0.2, -0.15) is 0 Å². The summed E-state index contributed by atoms with van der Waals surface area (Å²) in [5, 5.41) is 5.22. The maximum absolute atomic E-state index is 6.08. The third-order valence-corrected chi connectivity index (χ3v) is 3.25. The molecule has 2 heterocycles. The number of aromatic nitrogens is 2. The highest BCUT2D eigenvalue weighted by molar-refractivity contribution is 6.33. The van der Waals surface area contributed by atoms with Crippen molar-refractivity contribution in [1.82, 2.24) is 9.97 Å². The van der Waals surface area contributed by atoms with Crippen molar-refractivity contribution in [3.63, 3.8) is 0 Å². The summed E-state index contributed by atoms with van der Waals surface area (Å²) in [5.41, 5.74) is 3.23. The highest BCUT2D eigenvalue weighted by atomic mass is 35.5. The Kier molecular flexibility index (Phi) is 2.90. The maximum Gasteiger partial charge on any atom is 0.0718 e. The fourth-order valence-corrected chi connectivity index (χ4v) is 2.17. The molecule has 3 aromatic rings. The molecule has 0 aliphatic heterocycles. The molecular formula is C14H12ClN3. The lowest BCUT2D eigenvalue weighted by atomic mass is 10.1. The molecule has 90 valence electrons. The number of hydrogen-bond acceptors (Lipinski definition) is 2. The Hall–Kier alpha value is -2.00. The van der Waals surface area contributed by atoms with Crippen LogP contribution in [0.5, 0.6) is 0 Å². The molecule has 18 heavy (non-hydrogen) atoms. The van der Waals surface area contributed by atoms with Gasteiger partial charge in [0.25, 0.3) is 0 Å². The molecule has 0 unspecified atom stereocenters. The van der Waals surface area contributed by atoms with Crippen LogP contribution in [0.25, 0.3) is 10.9 Å². The van der Waals surface area contributed by atoms with Crippen LogP contribution < -0.4 is 5.32 Å². The van der Waals surface area contributed by atoms with Gasteiger partial charge in [-0.3, -0.25) is 4.98 Å². The van der Waals surface area contributed by atoms with Gasteiger partial charge in [0, 0.05) is 29.8 Å². The molecule has 0 atom stereocenters. The first kappa shape index (κ1) is 11.1. The molecule has 0 saturated carbocycles. The van der Waals surface area contributed by atoms with E-state index in [1.807, 2.05) is 12.3 Å². The van der Waals surface area contributed by atoms with Gasteiger partial charge < -0.3 is 10.3 Å². The number of hydrogen-bond donors (Lipinski definition) is 2.